The lowest BCUT2D eigenvalue weighted by atomic mass is 9.91. The summed E-state index contributed by atoms with van der Waals surface area (Å²) in [6, 6.07) is 30.7. The summed E-state index contributed by atoms with van der Waals surface area (Å²) in [7, 11) is 0. The lowest BCUT2D eigenvalue weighted by molar-refractivity contribution is 0.103. The molecule has 0 atom stereocenters. The summed E-state index contributed by atoms with van der Waals surface area (Å²) in [5.74, 6) is 0.0123. The number of aromatic nitrogens is 2. The number of fused-ring (bicyclic) bond motifs is 1. The van der Waals surface area contributed by atoms with Crippen LogP contribution in [0.3, 0.4) is 0 Å². The number of anilines is 2. The molecule has 32 heavy (non-hydrogen) atoms. The summed E-state index contributed by atoms with van der Waals surface area (Å²) in [6.07, 6.45) is 0. The molecule has 2 aromatic heterocycles. The molecule has 0 saturated heterocycles. The van der Waals surface area contributed by atoms with Crippen LogP contribution in [-0.4, -0.2) is 22.6 Å². The first-order valence-electron chi connectivity index (χ1n) is 10.2. The average Bonchev–Trinajstić information content (AvgIpc) is 3.47. The molecule has 0 radical (unpaired) electrons. The number of nitrogens with one attached hydrogen (secondary N) is 2. The third kappa shape index (κ3) is 4.54. The Balaban J connectivity index is 1.27. The van der Waals surface area contributed by atoms with E-state index in [-0.39, 0.29) is 11.8 Å². The van der Waals surface area contributed by atoms with E-state index in [1.54, 1.807) is 0 Å². The Labute approximate surface area is 193 Å². The topological polar surface area (TPSA) is 66.9 Å². The lowest BCUT2D eigenvalue weighted by Crippen LogP contribution is -2.14. The Kier molecular flexibility index (Phi) is 5.91. The molecule has 2 N–H and O–H groups in total. The third-order valence-corrected chi connectivity index (χ3v) is 7.07. The van der Waals surface area contributed by atoms with Crippen LogP contribution in [-0.2, 0) is 0 Å². The first-order chi connectivity index (χ1) is 15.8. The minimum absolute atomic E-state index is 0.166. The summed E-state index contributed by atoms with van der Waals surface area (Å²) < 4.78 is 1.09. The van der Waals surface area contributed by atoms with Crippen molar-refractivity contribution in [1.82, 2.24) is 10.2 Å². The van der Waals surface area contributed by atoms with E-state index < -0.39 is 0 Å². The number of amides is 1. The second-order valence-electron chi connectivity index (χ2n) is 7.27. The smallest absolute Gasteiger partial charge is 0.267 e. The summed E-state index contributed by atoms with van der Waals surface area (Å²) in [5.41, 5.74) is 2.46. The van der Waals surface area contributed by atoms with Crippen molar-refractivity contribution in [2.24, 2.45) is 0 Å². The maximum Gasteiger partial charge on any atom is 0.267 e. The highest BCUT2D eigenvalue weighted by atomic mass is 32.1. The molecule has 2 heterocycles. The molecule has 0 saturated carbocycles. The van der Waals surface area contributed by atoms with Gasteiger partial charge in [-0.1, -0.05) is 90.2 Å². The van der Waals surface area contributed by atoms with E-state index in [2.05, 4.69) is 69.4 Å². The SMILES string of the molecule is O=C(Nc1nnc(NCC(c2ccccc2)c2ccccc2)s1)c1cc2ccccc2s1. The zero-order valence-electron chi connectivity index (χ0n) is 17.1. The average molecular weight is 457 g/mol. The van der Waals surface area contributed by atoms with Gasteiger partial charge in [0.15, 0.2) is 0 Å². The molecule has 0 bridgehead atoms. The van der Waals surface area contributed by atoms with Gasteiger partial charge in [-0.25, -0.2) is 0 Å². The molecule has 0 aliphatic heterocycles. The minimum atomic E-state index is -0.166. The van der Waals surface area contributed by atoms with Crippen molar-refractivity contribution in [3.63, 3.8) is 0 Å². The van der Waals surface area contributed by atoms with Gasteiger partial charge in [0.1, 0.15) is 0 Å². The van der Waals surface area contributed by atoms with Gasteiger partial charge in [-0.2, -0.15) is 0 Å². The van der Waals surface area contributed by atoms with Gasteiger partial charge in [-0.3, -0.25) is 10.1 Å². The van der Waals surface area contributed by atoms with Gasteiger partial charge < -0.3 is 5.32 Å². The van der Waals surface area contributed by atoms with Crippen LogP contribution in [0.1, 0.15) is 26.7 Å². The fourth-order valence-corrected chi connectivity index (χ4v) is 5.19. The van der Waals surface area contributed by atoms with Gasteiger partial charge in [-0.05, 0) is 28.6 Å². The highest BCUT2D eigenvalue weighted by Gasteiger charge is 2.16. The lowest BCUT2D eigenvalue weighted by Gasteiger charge is -2.18. The summed E-state index contributed by atoms with van der Waals surface area (Å²) in [4.78, 5) is 13.3. The molecular weight excluding hydrogens is 436 g/mol. The Morgan fingerprint density at radius 1 is 0.781 bits per heavy atom. The first kappa shape index (κ1) is 20.4. The maximum atomic E-state index is 12.6. The zero-order chi connectivity index (χ0) is 21.8. The van der Waals surface area contributed by atoms with E-state index in [0.29, 0.717) is 21.7 Å². The summed E-state index contributed by atoms with van der Waals surface area (Å²) >= 11 is 2.80. The number of nitrogens with zero attached hydrogens (tertiary/aromatic N) is 2. The number of carbonyl (C=O) groups is 1. The largest absolute Gasteiger partial charge is 0.359 e. The number of carbonyl (C=O) groups excluding carboxylic acids is 1. The summed E-state index contributed by atoms with van der Waals surface area (Å²) in [5, 5.41) is 16.8. The number of thiophene rings is 1. The maximum absolute atomic E-state index is 12.6. The second-order valence-corrected chi connectivity index (χ2v) is 9.33. The quantitative estimate of drug-likeness (QED) is 0.304. The van der Waals surface area contributed by atoms with Crippen molar-refractivity contribution in [1.29, 1.82) is 0 Å². The molecule has 5 nitrogen and oxygen atoms in total. The second kappa shape index (κ2) is 9.30. The number of rotatable bonds is 7. The first-order valence-corrected chi connectivity index (χ1v) is 11.9. The Morgan fingerprint density at radius 3 is 2.09 bits per heavy atom. The number of hydrogen-bond donors (Lipinski definition) is 2. The fraction of sp³-hybridized carbons (Fsp3) is 0.0800. The van der Waals surface area contributed by atoms with Crippen LogP contribution in [0.15, 0.2) is 91.0 Å². The molecule has 5 aromatic rings. The van der Waals surface area contributed by atoms with Gasteiger partial charge in [-0.15, -0.1) is 21.5 Å². The van der Waals surface area contributed by atoms with Gasteiger partial charge in [0, 0.05) is 17.2 Å². The zero-order valence-corrected chi connectivity index (χ0v) is 18.7. The Hall–Kier alpha value is -3.55. The van der Waals surface area contributed by atoms with Crippen LogP contribution < -0.4 is 10.6 Å². The third-order valence-electron chi connectivity index (χ3n) is 5.16. The van der Waals surface area contributed by atoms with Crippen molar-refractivity contribution in [2.45, 2.75) is 5.92 Å². The molecule has 5 rings (SSSR count). The molecule has 3 aromatic carbocycles. The van der Waals surface area contributed by atoms with Gasteiger partial charge in [0.25, 0.3) is 5.91 Å². The van der Waals surface area contributed by atoms with Crippen molar-refractivity contribution in [2.75, 3.05) is 17.2 Å². The Bertz CT molecular complexity index is 1260. The molecule has 0 unspecified atom stereocenters. The van der Waals surface area contributed by atoms with Crippen LogP contribution in [0.25, 0.3) is 10.1 Å². The van der Waals surface area contributed by atoms with Crippen LogP contribution in [0.5, 0.6) is 0 Å². The van der Waals surface area contributed by atoms with Gasteiger partial charge in [0.2, 0.25) is 10.3 Å². The minimum Gasteiger partial charge on any atom is -0.359 e. The molecule has 158 valence electrons. The molecule has 7 heteroatoms. The Morgan fingerprint density at radius 2 is 1.41 bits per heavy atom. The van der Waals surface area contributed by atoms with Crippen LogP contribution in [0.2, 0.25) is 0 Å². The molecule has 1 amide bonds. The van der Waals surface area contributed by atoms with Crippen LogP contribution in [0, 0.1) is 0 Å². The molecule has 0 aliphatic carbocycles. The van der Waals surface area contributed by atoms with Crippen molar-refractivity contribution >= 4 is 48.9 Å². The predicted octanol–water partition coefficient (Wildman–Crippen LogP) is 6.25. The van der Waals surface area contributed by atoms with E-state index in [4.69, 9.17) is 0 Å². The van der Waals surface area contributed by atoms with Crippen LogP contribution in [0.4, 0.5) is 10.3 Å². The normalized spacial score (nSPS) is 11.0. The van der Waals surface area contributed by atoms with Crippen LogP contribution >= 0.6 is 22.7 Å². The molecule has 0 aliphatic rings. The van der Waals surface area contributed by atoms with Crippen molar-refractivity contribution < 1.29 is 4.79 Å². The van der Waals surface area contributed by atoms with Gasteiger partial charge in [0.05, 0.1) is 4.88 Å². The van der Waals surface area contributed by atoms with E-state index in [1.807, 2.05) is 42.5 Å². The van der Waals surface area contributed by atoms with E-state index in [9.17, 15) is 4.79 Å². The van der Waals surface area contributed by atoms with Gasteiger partial charge >= 0.3 is 0 Å². The van der Waals surface area contributed by atoms with E-state index in [1.165, 1.54) is 33.8 Å². The summed E-state index contributed by atoms with van der Waals surface area (Å²) in [6.45, 7) is 0.674. The molecular formula is C25H20N4OS2. The number of hydrogen-bond acceptors (Lipinski definition) is 6. The molecule has 0 spiro atoms. The van der Waals surface area contributed by atoms with Crippen molar-refractivity contribution in [3.8, 4) is 0 Å². The predicted molar refractivity (Wildman–Crippen MR) is 133 cm³/mol. The van der Waals surface area contributed by atoms with Crippen molar-refractivity contribution in [3.05, 3.63) is 107 Å². The van der Waals surface area contributed by atoms with E-state index in [0.717, 1.165) is 10.1 Å². The highest BCUT2D eigenvalue weighted by Crippen LogP contribution is 2.29. The fourth-order valence-electron chi connectivity index (χ4n) is 3.59. The highest BCUT2D eigenvalue weighted by molar-refractivity contribution is 7.21. The number of benzene rings is 3. The monoisotopic (exact) mass is 456 g/mol. The van der Waals surface area contributed by atoms with E-state index >= 15 is 0 Å². The molecule has 0 fully saturated rings. The standard InChI is InChI=1S/C25H20N4OS2/c30-23(22-15-19-13-7-8-14-21(19)31-22)27-25-29-28-24(32-25)26-16-20(17-9-3-1-4-10-17)18-11-5-2-6-12-18/h1-15,20H,16H2,(H,26,28)(H,27,29,30).